The summed E-state index contributed by atoms with van der Waals surface area (Å²) in [7, 11) is 0. The smallest absolute Gasteiger partial charge is 0.331 e. The lowest BCUT2D eigenvalue weighted by molar-refractivity contribution is -0.137. The standard InChI is InChI=1S/C22H19F3N4O2.ClH/c1-15(30)27-19-8-5-16(6-9-19)7-10-21(31)28-20-13-29(14-26-20)12-17-3-2-4-18(11-17)22(23,24)25;/h2-11,13-14H,12H2,1H3,(H,27,30)(H,28,31);1H/b10-7+;. The SMILES string of the molecule is CC(=O)Nc1ccc(/C=C/C(=O)Nc2cn(Cc3cccc(C(F)(F)F)c3)cn2)cc1.Cl. The van der Waals surface area contributed by atoms with Gasteiger partial charge in [-0.25, -0.2) is 4.98 Å². The predicted octanol–water partition coefficient (Wildman–Crippen LogP) is 4.98. The third-order valence-corrected chi connectivity index (χ3v) is 4.16. The molecule has 0 saturated carbocycles. The van der Waals surface area contributed by atoms with Crippen LogP contribution in [0.4, 0.5) is 24.7 Å². The molecule has 0 fully saturated rings. The molecule has 0 unspecified atom stereocenters. The van der Waals surface area contributed by atoms with Crippen molar-refractivity contribution in [2.75, 3.05) is 10.6 Å². The molecule has 0 aliphatic rings. The average Bonchev–Trinajstić information content (AvgIpc) is 3.13. The van der Waals surface area contributed by atoms with Crippen LogP contribution < -0.4 is 10.6 Å². The first-order valence-corrected chi connectivity index (χ1v) is 9.24. The van der Waals surface area contributed by atoms with Crippen LogP contribution in [0.25, 0.3) is 6.08 Å². The number of imidazole rings is 1. The Labute approximate surface area is 188 Å². The van der Waals surface area contributed by atoms with Crippen molar-refractivity contribution in [2.45, 2.75) is 19.6 Å². The summed E-state index contributed by atoms with van der Waals surface area (Å²) in [5.74, 6) is -0.298. The molecule has 6 nitrogen and oxygen atoms in total. The van der Waals surface area contributed by atoms with E-state index in [0.29, 0.717) is 11.3 Å². The number of benzene rings is 2. The van der Waals surface area contributed by atoms with E-state index in [-0.39, 0.29) is 30.7 Å². The van der Waals surface area contributed by atoms with Gasteiger partial charge in [-0.1, -0.05) is 24.3 Å². The van der Waals surface area contributed by atoms with Crippen LogP contribution in [-0.2, 0) is 22.3 Å². The third-order valence-electron chi connectivity index (χ3n) is 4.16. The number of amides is 2. The van der Waals surface area contributed by atoms with Crippen LogP contribution in [-0.4, -0.2) is 21.4 Å². The fourth-order valence-electron chi connectivity index (χ4n) is 2.79. The first-order valence-electron chi connectivity index (χ1n) is 9.24. The van der Waals surface area contributed by atoms with Crippen molar-refractivity contribution in [3.63, 3.8) is 0 Å². The van der Waals surface area contributed by atoms with Crippen molar-refractivity contribution >= 4 is 41.8 Å². The Balaban J connectivity index is 0.00000363. The molecule has 0 saturated heterocycles. The number of alkyl halides is 3. The molecule has 10 heteroatoms. The van der Waals surface area contributed by atoms with Gasteiger partial charge in [-0.05, 0) is 41.5 Å². The summed E-state index contributed by atoms with van der Waals surface area (Å²) in [6.45, 7) is 1.60. The Morgan fingerprint density at radius 1 is 1.09 bits per heavy atom. The molecule has 0 atom stereocenters. The molecular formula is C22H20ClF3N4O2. The maximum Gasteiger partial charge on any atom is 0.416 e. The van der Waals surface area contributed by atoms with E-state index >= 15 is 0 Å². The number of nitrogens with zero attached hydrogens (tertiary/aromatic N) is 2. The monoisotopic (exact) mass is 464 g/mol. The summed E-state index contributed by atoms with van der Waals surface area (Å²) in [5, 5.41) is 5.25. The summed E-state index contributed by atoms with van der Waals surface area (Å²) in [4.78, 5) is 27.2. The van der Waals surface area contributed by atoms with E-state index in [1.807, 2.05) is 0 Å². The van der Waals surface area contributed by atoms with Gasteiger partial charge in [-0.2, -0.15) is 13.2 Å². The molecule has 0 bridgehead atoms. The van der Waals surface area contributed by atoms with Gasteiger partial charge in [0.1, 0.15) is 0 Å². The summed E-state index contributed by atoms with van der Waals surface area (Å²) >= 11 is 0. The topological polar surface area (TPSA) is 76.0 Å². The van der Waals surface area contributed by atoms with Gasteiger partial charge in [-0.3, -0.25) is 9.59 Å². The normalized spacial score (nSPS) is 11.1. The second-order valence-corrected chi connectivity index (χ2v) is 6.76. The van der Waals surface area contributed by atoms with Crippen molar-refractivity contribution in [1.82, 2.24) is 9.55 Å². The van der Waals surface area contributed by atoms with Gasteiger partial charge in [0.05, 0.1) is 11.9 Å². The fraction of sp³-hybridized carbons (Fsp3) is 0.136. The number of carbonyl (C=O) groups excluding carboxylic acids is 2. The van der Waals surface area contributed by atoms with E-state index < -0.39 is 17.6 Å². The highest BCUT2D eigenvalue weighted by atomic mass is 35.5. The largest absolute Gasteiger partial charge is 0.416 e. The number of carbonyl (C=O) groups is 2. The molecule has 0 aliphatic heterocycles. The second-order valence-electron chi connectivity index (χ2n) is 6.76. The van der Waals surface area contributed by atoms with E-state index in [2.05, 4.69) is 15.6 Å². The number of halogens is 4. The van der Waals surface area contributed by atoms with E-state index in [0.717, 1.165) is 17.7 Å². The van der Waals surface area contributed by atoms with E-state index in [4.69, 9.17) is 0 Å². The minimum absolute atomic E-state index is 0. The van der Waals surface area contributed by atoms with Crippen molar-refractivity contribution in [3.8, 4) is 0 Å². The van der Waals surface area contributed by atoms with Gasteiger partial charge in [0, 0.05) is 31.4 Å². The maximum absolute atomic E-state index is 12.8. The van der Waals surface area contributed by atoms with Crippen molar-refractivity contribution in [3.05, 3.63) is 83.8 Å². The molecule has 168 valence electrons. The van der Waals surface area contributed by atoms with Gasteiger partial charge in [0.15, 0.2) is 5.82 Å². The van der Waals surface area contributed by atoms with Crippen LogP contribution in [0.3, 0.4) is 0 Å². The molecule has 2 N–H and O–H groups in total. The Morgan fingerprint density at radius 3 is 2.47 bits per heavy atom. The Hall–Kier alpha value is -3.59. The van der Waals surface area contributed by atoms with Crippen molar-refractivity contribution in [2.24, 2.45) is 0 Å². The Kier molecular flexibility index (Phi) is 8.20. The van der Waals surface area contributed by atoms with Gasteiger partial charge in [-0.15, -0.1) is 12.4 Å². The second kappa shape index (κ2) is 10.6. The summed E-state index contributed by atoms with van der Waals surface area (Å²) in [5.41, 5.74) is 1.17. The predicted molar refractivity (Wildman–Crippen MR) is 118 cm³/mol. The van der Waals surface area contributed by atoms with Gasteiger partial charge in [0.25, 0.3) is 0 Å². The lowest BCUT2D eigenvalue weighted by Gasteiger charge is -2.09. The highest BCUT2D eigenvalue weighted by Gasteiger charge is 2.30. The summed E-state index contributed by atoms with van der Waals surface area (Å²) in [6.07, 6.45) is 1.50. The van der Waals surface area contributed by atoms with E-state index in [1.165, 1.54) is 31.6 Å². The molecule has 32 heavy (non-hydrogen) atoms. The molecule has 0 radical (unpaired) electrons. The van der Waals surface area contributed by atoms with Crippen LogP contribution in [0.5, 0.6) is 0 Å². The molecule has 2 aromatic carbocycles. The minimum atomic E-state index is -4.40. The molecule has 1 heterocycles. The van der Waals surface area contributed by atoms with Crippen LogP contribution >= 0.6 is 12.4 Å². The highest BCUT2D eigenvalue weighted by molar-refractivity contribution is 6.01. The summed E-state index contributed by atoms with van der Waals surface area (Å²) in [6, 6.07) is 12.0. The molecule has 1 aromatic heterocycles. The average molecular weight is 465 g/mol. The van der Waals surface area contributed by atoms with Crippen LogP contribution in [0, 0.1) is 0 Å². The van der Waals surface area contributed by atoms with Gasteiger partial charge >= 0.3 is 6.18 Å². The first-order chi connectivity index (χ1) is 14.7. The zero-order chi connectivity index (χ0) is 22.4. The van der Waals surface area contributed by atoms with Gasteiger partial charge < -0.3 is 15.2 Å². The Morgan fingerprint density at radius 2 is 1.81 bits per heavy atom. The summed E-state index contributed by atoms with van der Waals surface area (Å²) < 4.78 is 40.1. The molecule has 0 spiro atoms. The van der Waals surface area contributed by atoms with E-state index in [1.54, 1.807) is 41.0 Å². The molecule has 0 aliphatic carbocycles. The lowest BCUT2D eigenvalue weighted by atomic mass is 10.1. The number of hydrogen-bond acceptors (Lipinski definition) is 3. The third kappa shape index (κ3) is 7.28. The molecule has 3 aromatic rings. The lowest BCUT2D eigenvalue weighted by Crippen LogP contribution is -2.08. The quantitative estimate of drug-likeness (QED) is 0.505. The van der Waals surface area contributed by atoms with Gasteiger partial charge in [0.2, 0.25) is 11.8 Å². The molecule has 2 amide bonds. The van der Waals surface area contributed by atoms with Crippen LogP contribution in [0.2, 0.25) is 0 Å². The first kappa shape index (κ1) is 24.7. The number of nitrogens with one attached hydrogen (secondary N) is 2. The number of rotatable bonds is 6. The zero-order valence-electron chi connectivity index (χ0n) is 16.9. The fourth-order valence-corrected chi connectivity index (χ4v) is 2.79. The van der Waals surface area contributed by atoms with Crippen molar-refractivity contribution < 1.29 is 22.8 Å². The minimum Gasteiger partial charge on any atom is -0.331 e. The van der Waals surface area contributed by atoms with Crippen molar-refractivity contribution in [1.29, 1.82) is 0 Å². The number of aromatic nitrogens is 2. The molecule has 3 rings (SSSR count). The molecular weight excluding hydrogens is 445 g/mol. The van der Waals surface area contributed by atoms with E-state index in [9.17, 15) is 22.8 Å². The zero-order valence-corrected chi connectivity index (χ0v) is 17.7. The highest BCUT2D eigenvalue weighted by Crippen LogP contribution is 2.29. The van der Waals surface area contributed by atoms with Crippen LogP contribution in [0.15, 0.2) is 67.1 Å². The Bertz CT molecular complexity index is 1110. The number of anilines is 2. The van der Waals surface area contributed by atoms with Crippen LogP contribution in [0.1, 0.15) is 23.6 Å². The number of hydrogen-bond donors (Lipinski definition) is 2. The maximum atomic E-state index is 12.8.